The molecule has 0 radical (unpaired) electrons. The third kappa shape index (κ3) is 4.07. The maximum atomic E-state index is 11.6. The maximum absolute atomic E-state index is 11.6. The topological polar surface area (TPSA) is 71.5 Å². The first-order valence-corrected chi connectivity index (χ1v) is 10.6. The van der Waals surface area contributed by atoms with Gasteiger partial charge in [-0.2, -0.15) is 0 Å². The second kappa shape index (κ2) is 7.37. The van der Waals surface area contributed by atoms with Crippen LogP contribution in [0.2, 0.25) is 0 Å². The van der Waals surface area contributed by atoms with E-state index in [2.05, 4.69) is 15.2 Å². The van der Waals surface area contributed by atoms with Crippen LogP contribution in [0.4, 0.5) is 5.82 Å². The predicted octanol–water partition coefficient (Wildman–Crippen LogP) is 1.41. The van der Waals surface area contributed by atoms with Gasteiger partial charge in [-0.3, -0.25) is 4.90 Å². The van der Waals surface area contributed by atoms with Crippen LogP contribution < -0.4 is 5.32 Å². The molecular weight excluding hydrogens is 326 g/mol. The summed E-state index contributed by atoms with van der Waals surface area (Å²) < 4.78 is 29.3. The van der Waals surface area contributed by atoms with Crippen molar-refractivity contribution in [2.45, 2.75) is 25.4 Å². The molecule has 1 spiro atoms. The highest BCUT2D eigenvalue weighted by Crippen LogP contribution is 2.41. The zero-order valence-electron chi connectivity index (χ0n) is 14.3. The fraction of sp³-hybridized carbons (Fsp3) is 0.706. The molecule has 0 aliphatic carbocycles. The number of sulfone groups is 1. The molecule has 1 atom stereocenters. The van der Waals surface area contributed by atoms with Crippen LogP contribution in [-0.4, -0.2) is 68.2 Å². The molecule has 0 aromatic carbocycles. The van der Waals surface area contributed by atoms with Crippen LogP contribution in [0.5, 0.6) is 0 Å². The molecule has 0 saturated carbocycles. The molecule has 3 rings (SSSR count). The number of ether oxygens (including phenoxy) is 1. The Morgan fingerprint density at radius 2 is 2.25 bits per heavy atom. The number of anilines is 1. The van der Waals surface area contributed by atoms with Crippen LogP contribution in [0.1, 0.15) is 19.8 Å². The van der Waals surface area contributed by atoms with Gasteiger partial charge in [0.1, 0.15) is 5.82 Å². The zero-order chi connectivity index (χ0) is 17.0. The van der Waals surface area contributed by atoms with E-state index in [-0.39, 0.29) is 17.1 Å². The lowest BCUT2D eigenvalue weighted by Gasteiger charge is -2.50. The zero-order valence-corrected chi connectivity index (χ0v) is 15.1. The van der Waals surface area contributed by atoms with Crippen LogP contribution in [0.25, 0.3) is 0 Å². The first kappa shape index (κ1) is 17.6. The molecule has 2 saturated heterocycles. The highest BCUT2D eigenvalue weighted by molar-refractivity contribution is 7.91. The molecule has 2 aliphatic heterocycles. The normalized spacial score (nSPS) is 23.3. The average molecular weight is 353 g/mol. The second-order valence-electron chi connectivity index (χ2n) is 6.78. The van der Waals surface area contributed by atoms with Gasteiger partial charge in [-0.15, -0.1) is 0 Å². The van der Waals surface area contributed by atoms with Crippen LogP contribution in [-0.2, 0) is 14.6 Å². The Balaban J connectivity index is 1.43. The number of hydrogen-bond donors (Lipinski definition) is 1. The van der Waals surface area contributed by atoms with Gasteiger partial charge in [0, 0.05) is 44.7 Å². The van der Waals surface area contributed by atoms with E-state index in [0.717, 1.165) is 44.9 Å². The summed E-state index contributed by atoms with van der Waals surface area (Å²) in [6.07, 6.45) is 3.93. The van der Waals surface area contributed by atoms with Crippen molar-refractivity contribution in [2.75, 3.05) is 49.6 Å². The highest BCUT2D eigenvalue weighted by Gasteiger charge is 2.52. The second-order valence-corrected chi connectivity index (χ2v) is 9.25. The molecule has 6 nitrogen and oxygen atoms in total. The number of nitrogens with one attached hydrogen (secondary N) is 1. The van der Waals surface area contributed by atoms with Crippen molar-refractivity contribution < 1.29 is 13.2 Å². The van der Waals surface area contributed by atoms with Crippen LogP contribution >= 0.6 is 0 Å². The highest BCUT2D eigenvalue weighted by atomic mass is 32.2. The number of likely N-dealkylation sites (tertiary alicyclic amines) is 1. The Labute approximate surface area is 144 Å². The average Bonchev–Trinajstić information content (AvgIpc) is 2.97. The molecule has 0 amide bonds. The number of hydrogen-bond acceptors (Lipinski definition) is 6. The number of rotatable bonds is 8. The minimum atomic E-state index is -2.88. The van der Waals surface area contributed by atoms with Crippen molar-refractivity contribution in [3.8, 4) is 0 Å². The van der Waals surface area contributed by atoms with Crippen LogP contribution in [0.15, 0.2) is 24.4 Å². The Morgan fingerprint density at radius 3 is 2.96 bits per heavy atom. The number of nitrogens with zero attached hydrogens (tertiary/aromatic N) is 2. The van der Waals surface area contributed by atoms with Gasteiger partial charge in [0.15, 0.2) is 9.84 Å². The molecule has 0 bridgehead atoms. The van der Waals surface area contributed by atoms with Gasteiger partial charge in [-0.25, -0.2) is 13.4 Å². The van der Waals surface area contributed by atoms with E-state index < -0.39 is 9.84 Å². The third-order valence-electron chi connectivity index (χ3n) is 5.20. The van der Waals surface area contributed by atoms with Crippen molar-refractivity contribution >= 4 is 15.7 Å². The van der Waals surface area contributed by atoms with Crippen LogP contribution in [0.3, 0.4) is 0 Å². The fourth-order valence-corrected chi connectivity index (χ4v) is 4.49. The first-order chi connectivity index (χ1) is 11.5. The summed E-state index contributed by atoms with van der Waals surface area (Å²) in [4.78, 5) is 6.48. The van der Waals surface area contributed by atoms with Crippen molar-refractivity contribution in [2.24, 2.45) is 5.92 Å². The minimum absolute atomic E-state index is 0.0538. The summed E-state index contributed by atoms with van der Waals surface area (Å²) in [6, 6.07) is 5.86. The lowest BCUT2D eigenvalue weighted by molar-refractivity contribution is -0.131. The molecule has 1 aromatic heterocycles. The van der Waals surface area contributed by atoms with Gasteiger partial charge in [0.05, 0.1) is 11.4 Å². The first-order valence-electron chi connectivity index (χ1n) is 8.75. The number of pyridine rings is 1. The Hall–Kier alpha value is -1.18. The molecular formula is C17H27N3O3S. The van der Waals surface area contributed by atoms with E-state index in [1.54, 1.807) is 13.1 Å². The SMILES string of the molecule is CCS(=O)(=O)CCN1CC2(C1)OCCC2CCNc1ccccn1. The summed E-state index contributed by atoms with van der Waals surface area (Å²) in [5, 5.41) is 3.36. The Bertz CT molecular complexity index is 630. The van der Waals surface area contributed by atoms with Crippen molar-refractivity contribution in [1.82, 2.24) is 9.88 Å². The summed E-state index contributed by atoms with van der Waals surface area (Å²) >= 11 is 0. The standard InChI is InChI=1S/C17H27N3O3S/c1-2-24(21,22)12-10-20-13-17(14-20)15(7-11-23-17)6-9-19-16-5-3-4-8-18-16/h3-5,8,15H,2,6-7,9-14H2,1H3,(H,18,19). The summed E-state index contributed by atoms with van der Waals surface area (Å²) in [5.74, 6) is 1.92. The quantitative estimate of drug-likeness (QED) is 0.762. The van der Waals surface area contributed by atoms with Crippen molar-refractivity contribution in [3.05, 3.63) is 24.4 Å². The van der Waals surface area contributed by atoms with E-state index >= 15 is 0 Å². The van der Waals surface area contributed by atoms with Gasteiger partial charge in [0.2, 0.25) is 0 Å². The molecule has 1 aromatic rings. The van der Waals surface area contributed by atoms with Gasteiger partial charge in [-0.05, 0) is 30.9 Å². The molecule has 2 aliphatic rings. The van der Waals surface area contributed by atoms with Gasteiger partial charge in [-0.1, -0.05) is 13.0 Å². The van der Waals surface area contributed by atoms with Gasteiger partial charge < -0.3 is 10.1 Å². The van der Waals surface area contributed by atoms with E-state index in [9.17, 15) is 8.42 Å². The molecule has 1 unspecified atom stereocenters. The maximum Gasteiger partial charge on any atom is 0.151 e. The summed E-state index contributed by atoms with van der Waals surface area (Å²) in [7, 11) is -2.88. The van der Waals surface area contributed by atoms with E-state index in [0.29, 0.717) is 12.5 Å². The van der Waals surface area contributed by atoms with Crippen molar-refractivity contribution in [1.29, 1.82) is 0 Å². The number of aromatic nitrogens is 1. The van der Waals surface area contributed by atoms with E-state index in [4.69, 9.17) is 4.74 Å². The third-order valence-corrected chi connectivity index (χ3v) is 6.89. The Kier molecular flexibility index (Phi) is 5.42. The van der Waals surface area contributed by atoms with Gasteiger partial charge >= 0.3 is 0 Å². The fourth-order valence-electron chi connectivity index (χ4n) is 3.67. The van der Waals surface area contributed by atoms with Crippen LogP contribution in [0, 0.1) is 5.92 Å². The van der Waals surface area contributed by atoms with Gasteiger partial charge in [0.25, 0.3) is 0 Å². The summed E-state index contributed by atoms with van der Waals surface area (Å²) in [6.45, 7) is 5.76. The summed E-state index contributed by atoms with van der Waals surface area (Å²) in [5.41, 5.74) is -0.0538. The predicted molar refractivity (Wildman–Crippen MR) is 94.9 cm³/mol. The largest absolute Gasteiger partial charge is 0.372 e. The Morgan fingerprint density at radius 1 is 1.42 bits per heavy atom. The molecule has 7 heteroatoms. The molecule has 24 heavy (non-hydrogen) atoms. The lowest BCUT2D eigenvalue weighted by Crippen LogP contribution is -2.65. The van der Waals surface area contributed by atoms with E-state index in [1.165, 1.54) is 0 Å². The van der Waals surface area contributed by atoms with E-state index in [1.807, 2.05) is 18.2 Å². The molecule has 2 fully saturated rings. The smallest absolute Gasteiger partial charge is 0.151 e. The monoisotopic (exact) mass is 353 g/mol. The minimum Gasteiger partial charge on any atom is -0.372 e. The van der Waals surface area contributed by atoms with Crippen molar-refractivity contribution in [3.63, 3.8) is 0 Å². The molecule has 3 heterocycles. The molecule has 134 valence electrons. The lowest BCUT2D eigenvalue weighted by atomic mass is 9.79. The molecule has 1 N–H and O–H groups in total.